The summed E-state index contributed by atoms with van der Waals surface area (Å²) in [4.78, 5) is 15.4. The summed E-state index contributed by atoms with van der Waals surface area (Å²) in [6.45, 7) is 4.81. The van der Waals surface area contributed by atoms with E-state index in [2.05, 4.69) is 48.7 Å². The Morgan fingerprint density at radius 2 is 1.80 bits per heavy atom. The van der Waals surface area contributed by atoms with Crippen molar-refractivity contribution >= 4 is 34.8 Å². The van der Waals surface area contributed by atoms with Crippen LogP contribution in [-0.4, -0.2) is 41.1 Å². The largest absolute Gasteiger partial charge is 0.378 e. The molecular formula is C18H21ClN6. The first-order valence-corrected chi connectivity index (χ1v) is 8.23. The number of hydrogen-bond donors (Lipinski definition) is 2. The molecule has 1 fully saturated rings. The van der Waals surface area contributed by atoms with Crippen LogP contribution in [-0.2, 0) is 6.54 Å². The Bertz CT molecular complexity index is 834. The molecule has 0 amide bonds. The molecule has 2 aromatic heterocycles. The second-order valence-electron chi connectivity index (χ2n) is 5.86. The number of nitrogens with zero attached hydrogens (tertiary/aromatic N) is 4. The highest BCUT2D eigenvalue weighted by Crippen LogP contribution is 2.25. The maximum Gasteiger partial charge on any atom is 0.0890 e. The van der Waals surface area contributed by atoms with E-state index in [0.29, 0.717) is 0 Å². The fraction of sp³-hybridized carbons (Fsp3) is 0.278. The molecule has 0 atom stereocenters. The maximum atomic E-state index is 4.37. The van der Waals surface area contributed by atoms with E-state index in [1.165, 1.54) is 11.3 Å². The van der Waals surface area contributed by atoms with Crippen LogP contribution in [0.3, 0.4) is 0 Å². The minimum absolute atomic E-state index is 0. The quantitative estimate of drug-likeness (QED) is 0.748. The lowest BCUT2D eigenvalue weighted by Crippen LogP contribution is -2.43. The van der Waals surface area contributed by atoms with E-state index < -0.39 is 0 Å². The summed E-state index contributed by atoms with van der Waals surface area (Å²) in [6, 6.07) is 8.26. The van der Waals surface area contributed by atoms with Crippen molar-refractivity contribution in [2.75, 3.05) is 36.4 Å². The lowest BCUT2D eigenvalue weighted by atomic mass is 10.2. The zero-order valence-electron chi connectivity index (χ0n) is 13.9. The minimum atomic E-state index is 0. The van der Waals surface area contributed by atoms with Crippen molar-refractivity contribution < 1.29 is 0 Å². The maximum absolute atomic E-state index is 4.37. The van der Waals surface area contributed by atoms with Gasteiger partial charge in [0.2, 0.25) is 0 Å². The average molecular weight is 357 g/mol. The molecule has 1 saturated heterocycles. The average Bonchev–Trinajstić information content (AvgIpc) is 2.67. The second kappa shape index (κ2) is 8.09. The summed E-state index contributed by atoms with van der Waals surface area (Å²) in [5, 5.41) is 6.91. The van der Waals surface area contributed by atoms with E-state index in [1.807, 2.05) is 18.5 Å². The molecule has 3 aromatic rings. The summed E-state index contributed by atoms with van der Waals surface area (Å²) < 4.78 is 0. The zero-order valence-corrected chi connectivity index (χ0v) is 14.7. The molecule has 3 heterocycles. The van der Waals surface area contributed by atoms with Crippen LogP contribution < -0.4 is 15.5 Å². The van der Waals surface area contributed by atoms with Crippen LogP contribution in [0.5, 0.6) is 0 Å². The third-order valence-corrected chi connectivity index (χ3v) is 4.27. The fourth-order valence-electron chi connectivity index (χ4n) is 3.02. The van der Waals surface area contributed by atoms with Gasteiger partial charge >= 0.3 is 0 Å². The van der Waals surface area contributed by atoms with E-state index in [9.17, 15) is 0 Å². The van der Waals surface area contributed by atoms with Gasteiger partial charge in [0.1, 0.15) is 0 Å². The molecule has 130 valence electrons. The van der Waals surface area contributed by atoms with E-state index in [1.54, 1.807) is 12.4 Å². The molecule has 0 spiro atoms. The molecule has 0 radical (unpaired) electrons. The van der Waals surface area contributed by atoms with Gasteiger partial charge in [0.05, 0.1) is 28.6 Å². The van der Waals surface area contributed by atoms with Crippen molar-refractivity contribution in [3.05, 3.63) is 54.6 Å². The van der Waals surface area contributed by atoms with Gasteiger partial charge in [-0.15, -0.1) is 12.4 Å². The van der Waals surface area contributed by atoms with Gasteiger partial charge in [-0.2, -0.15) is 0 Å². The predicted octanol–water partition coefficient (Wildman–Crippen LogP) is 2.47. The van der Waals surface area contributed by atoms with Crippen molar-refractivity contribution in [1.82, 2.24) is 20.3 Å². The smallest absolute Gasteiger partial charge is 0.0890 e. The molecule has 6 nitrogen and oxygen atoms in total. The number of piperazine rings is 1. The normalized spacial score (nSPS) is 14.2. The van der Waals surface area contributed by atoms with Crippen molar-refractivity contribution in [3.8, 4) is 0 Å². The zero-order chi connectivity index (χ0) is 16.2. The molecule has 0 saturated carbocycles. The van der Waals surface area contributed by atoms with Crippen LogP contribution in [0.25, 0.3) is 11.0 Å². The molecule has 2 N–H and O–H groups in total. The first-order chi connectivity index (χ1) is 11.9. The monoisotopic (exact) mass is 356 g/mol. The van der Waals surface area contributed by atoms with Crippen LogP contribution in [0.15, 0.2) is 49.1 Å². The first kappa shape index (κ1) is 17.4. The predicted molar refractivity (Wildman–Crippen MR) is 103 cm³/mol. The molecule has 1 aromatic carbocycles. The first-order valence-electron chi connectivity index (χ1n) is 8.23. The Balaban J connectivity index is 0.00000182. The van der Waals surface area contributed by atoms with Crippen LogP contribution in [0.2, 0.25) is 0 Å². The van der Waals surface area contributed by atoms with Crippen LogP contribution in [0.1, 0.15) is 5.56 Å². The molecule has 1 aliphatic heterocycles. The molecule has 4 rings (SSSR count). The molecule has 25 heavy (non-hydrogen) atoms. The van der Waals surface area contributed by atoms with Gasteiger partial charge in [0.25, 0.3) is 0 Å². The standard InChI is InChI=1S/C18H20N6.ClH/c1-2-15-16(22-6-5-21-15)11-14(1)12-23-17-13-20-4-3-18(17)24-9-7-19-8-10-24;/h1-6,11,13,19,23H,7-10,12H2;1H. The van der Waals surface area contributed by atoms with Crippen LogP contribution >= 0.6 is 12.4 Å². The van der Waals surface area contributed by atoms with E-state index in [0.717, 1.165) is 49.4 Å². The number of nitrogens with one attached hydrogen (secondary N) is 2. The summed E-state index contributed by atoms with van der Waals surface area (Å²) in [7, 11) is 0. The third kappa shape index (κ3) is 3.97. The highest BCUT2D eigenvalue weighted by molar-refractivity contribution is 5.85. The highest BCUT2D eigenvalue weighted by Gasteiger charge is 2.14. The lowest BCUT2D eigenvalue weighted by Gasteiger charge is -2.31. The van der Waals surface area contributed by atoms with Crippen molar-refractivity contribution in [2.45, 2.75) is 6.54 Å². The van der Waals surface area contributed by atoms with Gasteiger partial charge in [-0.3, -0.25) is 15.0 Å². The Labute approximate surface area is 153 Å². The van der Waals surface area contributed by atoms with Crippen molar-refractivity contribution in [1.29, 1.82) is 0 Å². The molecule has 0 unspecified atom stereocenters. The lowest BCUT2D eigenvalue weighted by molar-refractivity contribution is 0.589. The molecule has 0 bridgehead atoms. The number of benzene rings is 1. The number of fused-ring (bicyclic) bond motifs is 1. The minimum Gasteiger partial charge on any atom is -0.378 e. The number of pyridine rings is 1. The topological polar surface area (TPSA) is 66.0 Å². The Hall–Kier alpha value is -2.44. The molecule has 7 heteroatoms. The Morgan fingerprint density at radius 3 is 2.64 bits per heavy atom. The number of hydrogen-bond acceptors (Lipinski definition) is 6. The summed E-state index contributed by atoms with van der Waals surface area (Å²) in [6.07, 6.45) is 7.20. The van der Waals surface area contributed by atoms with E-state index in [-0.39, 0.29) is 12.4 Å². The van der Waals surface area contributed by atoms with Gasteiger partial charge in [-0.25, -0.2) is 0 Å². The number of anilines is 2. The third-order valence-electron chi connectivity index (χ3n) is 4.27. The highest BCUT2D eigenvalue weighted by atomic mass is 35.5. The van der Waals surface area contributed by atoms with E-state index >= 15 is 0 Å². The van der Waals surface area contributed by atoms with Gasteiger partial charge < -0.3 is 15.5 Å². The number of rotatable bonds is 4. The Morgan fingerprint density at radius 1 is 1.00 bits per heavy atom. The summed E-state index contributed by atoms with van der Waals surface area (Å²) in [5.74, 6) is 0. The van der Waals surface area contributed by atoms with E-state index in [4.69, 9.17) is 0 Å². The SMILES string of the molecule is Cl.c1cc(N2CCNCC2)c(NCc2ccc3nccnc3c2)cn1. The second-order valence-corrected chi connectivity index (χ2v) is 5.86. The fourth-order valence-corrected chi connectivity index (χ4v) is 3.02. The number of halogens is 1. The van der Waals surface area contributed by atoms with Crippen LogP contribution in [0.4, 0.5) is 11.4 Å². The molecule has 1 aliphatic rings. The van der Waals surface area contributed by atoms with Crippen molar-refractivity contribution in [2.24, 2.45) is 0 Å². The summed E-state index contributed by atoms with van der Waals surface area (Å²) in [5.41, 5.74) is 5.30. The van der Waals surface area contributed by atoms with Gasteiger partial charge in [0, 0.05) is 51.3 Å². The van der Waals surface area contributed by atoms with Gasteiger partial charge in [0.15, 0.2) is 0 Å². The van der Waals surface area contributed by atoms with Gasteiger partial charge in [-0.05, 0) is 23.8 Å². The molecular weight excluding hydrogens is 336 g/mol. The van der Waals surface area contributed by atoms with Gasteiger partial charge in [-0.1, -0.05) is 6.07 Å². The van der Waals surface area contributed by atoms with Crippen molar-refractivity contribution in [3.63, 3.8) is 0 Å². The Kier molecular flexibility index (Phi) is 5.63. The number of aromatic nitrogens is 3. The summed E-state index contributed by atoms with van der Waals surface area (Å²) >= 11 is 0. The van der Waals surface area contributed by atoms with Crippen LogP contribution in [0, 0.1) is 0 Å². The molecule has 0 aliphatic carbocycles.